The van der Waals surface area contributed by atoms with Crippen molar-refractivity contribution in [3.63, 3.8) is 0 Å². The molecule has 0 bridgehead atoms. The van der Waals surface area contributed by atoms with Crippen LogP contribution in [0.2, 0.25) is 5.02 Å². The predicted octanol–water partition coefficient (Wildman–Crippen LogP) is 3.70. The molecule has 0 N–H and O–H groups in total. The fourth-order valence-electron chi connectivity index (χ4n) is 3.20. The number of rotatable bonds is 4. The Labute approximate surface area is 169 Å². The van der Waals surface area contributed by atoms with Crippen molar-refractivity contribution in [3.05, 3.63) is 40.4 Å². The molecule has 1 saturated heterocycles. The Morgan fingerprint density at radius 2 is 1.81 bits per heavy atom. The third kappa shape index (κ3) is 4.67. The monoisotopic (exact) mass is 427 g/mol. The van der Waals surface area contributed by atoms with Gasteiger partial charge < -0.3 is 4.90 Å². The van der Waals surface area contributed by atoms with E-state index in [1.807, 2.05) is 14.1 Å². The molecule has 27 heavy (non-hydrogen) atoms. The molecule has 0 spiro atoms. The maximum absolute atomic E-state index is 12.9. The third-order valence-electron chi connectivity index (χ3n) is 4.46. The molecular weight excluding hydrogens is 406 g/mol. The number of carbonyl (C=O) groups is 1. The Morgan fingerprint density at radius 3 is 2.41 bits per heavy atom. The number of sulfonamides is 1. The summed E-state index contributed by atoms with van der Waals surface area (Å²) in [6.45, 7) is 0. The smallest absolute Gasteiger partial charge is 0.284 e. The molecule has 3 rings (SSSR count). The number of halogens is 1. The van der Waals surface area contributed by atoms with Gasteiger partial charge in [0.25, 0.3) is 15.9 Å². The molecule has 1 aliphatic carbocycles. The lowest BCUT2D eigenvalue weighted by Gasteiger charge is -2.30. The Bertz CT molecular complexity index is 874. The summed E-state index contributed by atoms with van der Waals surface area (Å²) in [5.74, 6) is -0.175. The maximum atomic E-state index is 12.9. The molecule has 0 unspecified atom stereocenters. The van der Waals surface area contributed by atoms with Crippen LogP contribution in [0.15, 0.2) is 44.7 Å². The molecular formula is C18H22ClN3O3S2. The van der Waals surface area contributed by atoms with Gasteiger partial charge in [-0.15, -0.1) is 4.40 Å². The molecule has 1 aromatic rings. The number of amides is 1. The second kappa shape index (κ2) is 8.24. The summed E-state index contributed by atoms with van der Waals surface area (Å²) in [5.41, 5.74) is 0. The van der Waals surface area contributed by atoms with Crippen molar-refractivity contribution in [2.45, 2.75) is 43.0 Å². The van der Waals surface area contributed by atoms with Gasteiger partial charge in [-0.25, -0.2) is 0 Å². The third-order valence-corrected chi connectivity index (χ3v) is 7.08. The van der Waals surface area contributed by atoms with Gasteiger partial charge in [-0.2, -0.15) is 8.42 Å². The number of nitrogens with zero attached hydrogens (tertiary/aromatic N) is 3. The van der Waals surface area contributed by atoms with E-state index in [2.05, 4.69) is 4.40 Å². The average Bonchev–Trinajstić information content (AvgIpc) is 2.90. The van der Waals surface area contributed by atoms with E-state index >= 15 is 0 Å². The van der Waals surface area contributed by atoms with Gasteiger partial charge in [-0.1, -0.05) is 30.9 Å². The van der Waals surface area contributed by atoms with Crippen molar-refractivity contribution in [2.24, 2.45) is 4.40 Å². The highest BCUT2D eigenvalue weighted by molar-refractivity contribution is 8.19. The highest BCUT2D eigenvalue weighted by Gasteiger charge is 2.40. The Kier molecular flexibility index (Phi) is 6.18. The van der Waals surface area contributed by atoms with E-state index in [0.29, 0.717) is 9.93 Å². The molecule has 0 aromatic heterocycles. The Hall–Kier alpha value is -1.51. The van der Waals surface area contributed by atoms with Crippen LogP contribution in [0.5, 0.6) is 0 Å². The van der Waals surface area contributed by atoms with Gasteiger partial charge in [-0.05, 0) is 48.9 Å². The second-order valence-corrected chi connectivity index (χ2v) is 9.88. The lowest BCUT2D eigenvalue weighted by atomic mass is 9.94. The quantitative estimate of drug-likeness (QED) is 0.685. The van der Waals surface area contributed by atoms with Gasteiger partial charge in [0.15, 0.2) is 5.17 Å². The Balaban J connectivity index is 1.99. The molecule has 9 heteroatoms. The van der Waals surface area contributed by atoms with Crippen LogP contribution in [-0.4, -0.2) is 49.4 Å². The molecule has 146 valence electrons. The zero-order valence-electron chi connectivity index (χ0n) is 15.3. The van der Waals surface area contributed by atoms with E-state index in [4.69, 9.17) is 11.6 Å². The largest absolute Gasteiger partial charge is 0.382 e. The average molecular weight is 428 g/mol. The minimum absolute atomic E-state index is 0.00835. The first-order valence-corrected chi connectivity index (χ1v) is 11.4. The first-order valence-electron chi connectivity index (χ1n) is 8.78. The summed E-state index contributed by atoms with van der Waals surface area (Å²) in [5, 5.41) is 0.682. The SMILES string of the molecule is CN(C)/C=C1\S/C(=N\S(=O)(=O)c2ccc(Cl)cc2)N(C2CCCCC2)C1=O. The number of hydrogen-bond acceptors (Lipinski definition) is 5. The van der Waals surface area contributed by atoms with Gasteiger partial charge in [0, 0.05) is 31.4 Å². The minimum atomic E-state index is -3.93. The van der Waals surface area contributed by atoms with Crippen molar-refractivity contribution in [1.82, 2.24) is 9.80 Å². The summed E-state index contributed by atoms with van der Waals surface area (Å²) >= 11 is 6.96. The highest BCUT2D eigenvalue weighted by atomic mass is 35.5. The molecule has 2 fully saturated rings. The number of benzene rings is 1. The first-order chi connectivity index (χ1) is 12.8. The first kappa shape index (κ1) is 20.2. The van der Waals surface area contributed by atoms with E-state index in [-0.39, 0.29) is 22.0 Å². The summed E-state index contributed by atoms with van der Waals surface area (Å²) < 4.78 is 29.5. The zero-order valence-corrected chi connectivity index (χ0v) is 17.6. The molecule has 6 nitrogen and oxygen atoms in total. The maximum Gasteiger partial charge on any atom is 0.284 e. The van der Waals surface area contributed by atoms with Crippen LogP contribution >= 0.6 is 23.4 Å². The lowest BCUT2D eigenvalue weighted by Crippen LogP contribution is -2.40. The summed E-state index contributed by atoms with van der Waals surface area (Å²) in [4.78, 5) is 16.8. The van der Waals surface area contributed by atoms with Gasteiger partial charge in [0.2, 0.25) is 0 Å². The topological polar surface area (TPSA) is 70.1 Å². The van der Waals surface area contributed by atoms with E-state index in [1.54, 1.807) is 16.0 Å². The standard InChI is InChI=1S/C18H22ClN3O3S2/c1-21(2)12-16-17(23)22(14-6-4-3-5-7-14)18(26-16)20-27(24,25)15-10-8-13(19)9-11-15/h8-12,14H,3-7H2,1-2H3/b16-12-,20-18-. The predicted molar refractivity (Wildman–Crippen MR) is 109 cm³/mol. The van der Waals surface area contributed by atoms with Crippen LogP contribution < -0.4 is 0 Å². The van der Waals surface area contributed by atoms with Crippen LogP contribution in [0.4, 0.5) is 0 Å². The van der Waals surface area contributed by atoms with Crippen molar-refractivity contribution in [2.75, 3.05) is 14.1 Å². The number of hydrogen-bond donors (Lipinski definition) is 0. The number of carbonyl (C=O) groups excluding carboxylic acids is 1. The molecule has 1 aromatic carbocycles. The van der Waals surface area contributed by atoms with Gasteiger partial charge in [0.1, 0.15) is 0 Å². The molecule has 1 aliphatic heterocycles. The van der Waals surface area contributed by atoms with Crippen LogP contribution in [-0.2, 0) is 14.8 Å². The molecule has 2 aliphatic rings. The van der Waals surface area contributed by atoms with Crippen LogP contribution in [0, 0.1) is 0 Å². The van der Waals surface area contributed by atoms with Gasteiger partial charge >= 0.3 is 0 Å². The molecule has 1 heterocycles. The fraction of sp³-hybridized carbons (Fsp3) is 0.444. The van der Waals surface area contributed by atoms with Crippen molar-refractivity contribution >= 4 is 44.5 Å². The summed E-state index contributed by atoms with van der Waals surface area (Å²) in [6, 6.07) is 5.86. The molecule has 0 atom stereocenters. The molecule has 1 amide bonds. The van der Waals surface area contributed by atoms with E-state index in [0.717, 1.165) is 43.9 Å². The van der Waals surface area contributed by atoms with Crippen LogP contribution in [0.3, 0.4) is 0 Å². The van der Waals surface area contributed by atoms with Crippen molar-refractivity contribution in [1.29, 1.82) is 0 Å². The number of amidine groups is 1. The Morgan fingerprint density at radius 1 is 1.19 bits per heavy atom. The molecule has 0 radical (unpaired) electrons. The lowest BCUT2D eigenvalue weighted by molar-refractivity contribution is -0.124. The number of thioether (sulfide) groups is 1. The van der Waals surface area contributed by atoms with Crippen molar-refractivity contribution in [3.8, 4) is 0 Å². The van der Waals surface area contributed by atoms with Gasteiger partial charge in [-0.3, -0.25) is 9.69 Å². The van der Waals surface area contributed by atoms with Crippen molar-refractivity contribution < 1.29 is 13.2 Å². The normalized spacial score (nSPS) is 22.0. The van der Waals surface area contributed by atoms with E-state index in [9.17, 15) is 13.2 Å². The van der Waals surface area contributed by atoms with Gasteiger partial charge in [0.05, 0.1) is 9.80 Å². The van der Waals surface area contributed by atoms with E-state index in [1.165, 1.54) is 24.3 Å². The van der Waals surface area contributed by atoms with Crippen LogP contribution in [0.25, 0.3) is 0 Å². The highest BCUT2D eigenvalue weighted by Crippen LogP contribution is 2.37. The van der Waals surface area contributed by atoms with E-state index < -0.39 is 10.0 Å². The molecule has 1 saturated carbocycles. The second-order valence-electron chi connectivity index (χ2n) is 6.83. The van der Waals surface area contributed by atoms with Crippen LogP contribution in [0.1, 0.15) is 32.1 Å². The summed E-state index contributed by atoms with van der Waals surface area (Å²) in [6.07, 6.45) is 6.64. The zero-order chi connectivity index (χ0) is 19.6. The fourth-order valence-corrected chi connectivity index (χ4v) is 5.62. The minimum Gasteiger partial charge on any atom is -0.382 e. The summed E-state index contributed by atoms with van der Waals surface area (Å²) in [7, 11) is -0.284.